The molecular weight excluding hydrogens is 279 g/mol. The molecule has 0 amide bonds. The minimum absolute atomic E-state index is 0.0988. The Kier molecular flexibility index (Phi) is 3.89. The Morgan fingerprint density at radius 2 is 1.52 bits per heavy atom. The van der Waals surface area contributed by atoms with E-state index in [0.29, 0.717) is 17.7 Å². The van der Waals surface area contributed by atoms with E-state index in [1.54, 1.807) is 7.05 Å². The molecule has 3 nitrogen and oxygen atoms in total. The standard InChI is InChI=1S/C15H16F3N3/c1-15(2,3)14-20-12(7-13(19-4)21-14)8-5-10(17)11(18)6-9(8)16/h5-7H,1-4H3,(H,19,20,21). The van der Waals surface area contributed by atoms with Gasteiger partial charge in [0.25, 0.3) is 0 Å². The highest BCUT2D eigenvalue weighted by molar-refractivity contribution is 5.63. The smallest absolute Gasteiger partial charge is 0.161 e. The molecule has 0 atom stereocenters. The maximum absolute atomic E-state index is 13.9. The molecule has 0 aliphatic carbocycles. The number of nitrogens with one attached hydrogen (secondary N) is 1. The first-order valence-corrected chi connectivity index (χ1v) is 6.44. The third-order valence-electron chi connectivity index (χ3n) is 2.94. The van der Waals surface area contributed by atoms with Crippen LogP contribution >= 0.6 is 0 Å². The van der Waals surface area contributed by atoms with Crippen LogP contribution in [0.25, 0.3) is 11.3 Å². The molecule has 0 saturated carbocycles. The summed E-state index contributed by atoms with van der Waals surface area (Å²) in [4.78, 5) is 8.58. The van der Waals surface area contributed by atoms with Gasteiger partial charge < -0.3 is 5.32 Å². The molecule has 0 radical (unpaired) electrons. The maximum atomic E-state index is 13.9. The fourth-order valence-electron chi connectivity index (χ4n) is 1.77. The van der Waals surface area contributed by atoms with E-state index in [-0.39, 0.29) is 16.7 Å². The summed E-state index contributed by atoms with van der Waals surface area (Å²) in [5.41, 5.74) is -0.259. The van der Waals surface area contributed by atoms with Crippen molar-refractivity contribution >= 4 is 5.82 Å². The third-order valence-corrected chi connectivity index (χ3v) is 2.94. The molecule has 1 aromatic heterocycles. The lowest BCUT2D eigenvalue weighted by atomic mass is 9.95. The number of nitrogens with zero attached hydrogens (tertiary/aromatic N) is 2. The van der Waals surface area contributed by atoms with E-state index in [1.165, 1.54) is 6.07 Å². The number of hydrogen-bond acceptors (Lipinski definition) is 3. The van der Waals surface area contributed by atoms with E-state index < -0.39 is 17.5 Å². The van der Waals surface area contributed by atoms with Gasteiger partial charge in [-0.15, -0.1) is 0 Å². The molecule has 0 spiro atoms. The van der Waals surface area contributed by atoms with Crippen molar-refractivity contribution in [3.05, 3.63) is 41.5 Å². The molecule has 0 bridgehead atoms. The van der Waals surface area contributed by atoms with Crippen molar-refractivity contribution in [3.8, 4) is 11.3 Å². The van der Waals surface area contributed by atoms with Gasteiger partial charge in [-0.3, -0.25) is 0 Å². The second-order valence-corrected chi connectivity index (χ2v) is 5.71. The molecule has 0 aliphatic rings. The highest BCUT2D eigenvalue weighted by atomic mass is 19.2. The Morgan fingerprint density at radius 1 is 0.905 bits per heavy atom. The van der Waals surface area contributed by atoms with Crippen molar-refractivity contribution in [2.24, 2.45) is 0 Å². The normalized spacial score (nSPS) is 11.6. The zero-order chi connectivity index (χ0) is 15.8. The molecule has 1 N–H and O–H groups in total. The summed E-state index contributed by atoms with van der Waals surface area (Å²) in [6.45, 7) is 5.73. The van der Waals surface area contributed by atoms with Gasteiger partial charge in [-0.25, -0.2) is 23.1 Å². The van der Waals surface area contributed by atoms with Crippen LogP contribution in [0.1, 0.15) is 26.6 Å². The van der Waals surface area contributed by atoms with E-state index >= 15 is 0 Å². The van der Waals surface area contributed by atoms with Gasteiger partial charge >= 0.3 is 0 Å². The second kappa shape index (κ2) is 5.35. The van der Waals surface area contributed by atoms with E-state index in [4.69, 9.17) is 0 Å². The molecule has 6 heteroatoms. The summed E-state index contributed by atoms with van der Waals surface area (Å²) < 4.78 is 40.3. The molecule has 1 heterocycles. The van der Waals surface area contributed by atoms with E-state index in [2.05, 4.69) is 15.3 Å². The predicted molar refractivity (Wildman–Crippen MR) is 75.6 cm³/mol. The number of hydrogen-bond donors (Lipinski definition) is 1. The Balaban J connectivity index is 2.66. The first-order chi connectivity index (χ1) is 9.72. The number of anilines is 1. The largest absolute Gasteiger partial charge is 0.373 e. The van der Waals surface area contributed by atoms with Crippen LogP contribution in [0.4, 0.5) is 19.0 Å². The van der Waals surface area contributed by atoms with Crippen LogP contribution in [0.15, 0.2) is 18.2 Å². The third kappa shape index (κ3) is 3.15. The minimum Gasteiger partial charge on any atom is -0.373 e. The van der Waals surface area contributed by atoms with Crippen LogP contribution in [0.3, 0.4) is 0 Å². The number of rotatable bonds is 2. The Morgan fingerprint density at radius 3 is 2.10 bits per heavy atom. The predicted octanol–water partition coefficient (Wildman–Crippen LogP) is 3.90. The quantitative estimate of drug-likeness (QED) is 0.854. The van der Waals surface area contributed by atoms with Gasteiger partial charge in [0.2, 0.25) is 0 Å². The Labute approximate surface area is 121 Å². The molecule has 21 heavy (non-hydrogen) atoms. The van der Waals surface area contributed by atoms with Crippen LogP contribution in [-0.4, -0.2) is 17.0 Å². The lowest BCUT2D eigenvalue weighted by molar-refractivity contribution is 0.495. The first kappa shape index (κ1) is 15.3. The van der Waals surface area contributed by atoms with Gasteiger partial charge in [-0.2, -0.15) is 0 Å². The second-order valence-electron chi connectivity index (χ2n) is 5.71. The zero-order valence-corrected chi connectivity index (χ0v) is 12.3. The van der Waals surface area contributed by atoms with E-state index in [0.717, 1.165) is 6.07 Å². The Hall–Kier alpha value is -2.11. The maximum Gasteiger partial charge on any atom is 0.161 e. The summed E-state index contributed by atoms with van der Waals surface area (Å²) in [5, 5.41) is 2.85. The molecule has 0 fully saturated rings. The molecule has 2 aromatic rings. The highest BCUT2D eigenvalue weighted by Crippen LogP contribution is 2.28. The summed E-state index contributed by atoms with van der Waals surface area (Å²) in [5.74, 6) is -2.25. The lowest BCUT2D eigenvalue weighted by Gasteiger charge is -2.18. The van der Waals surface area contributed by atoms with Crippen LogP contribution in [-0.2, 0) is 5.41 Å². The number of benzene rings is 1. The van der Waals surface area contributed by atoms with E-state index in [1.807, 2.05) is 20.8 Å². The fraction of sp³-hybridized carbons (Fsp3) is 0.333. The molecule has 0 saturated heterocycles. The number of aromatic nitrogens is 2. The fourth-order valence-corrected chi connectivity index (χ4v) is 1.77. The summed E-state index contributed by atoms with van der Waals surface area (Å²) in [6, 6.07) is 2.81. The van der Waals surface area contributed by atoms with Crippen LogP contribution in [0, 0.1) is 17.5 Å². The summed E-state index contributed by atoms with van der Waals surface area (Å²) in [7, 11) is 1.67. The van der Waals surface area contributed by atoms with Gasteiger partial charge in [0.1, 0.15) is 17.5 Å². The molecule has 1 aromatic carbocycles. The van der Waals surface area contributed by atoms with E-state index in [9.17, 15) is 13.2 Å². The van der Waals surface area contributed by atoms with Gasteiger partial charge in [0.05, 0.1) is 5.69 Å². The monoisotopic (exact) mass is 295 g/mol. The average molecular weight is 295 g/mol. The van der Waals surface area contributed by atoms with Crippen molar-refractivity contribution in [1.82, 2.24) is 9.97 Å². The van der Waals surface area contributed by atoms with Gasteiger partial charge in [0, 0.05) is 30.2 Å². The minimum atomic E-state index is -1.23. The molecule has 0 unspecified atom stereocenters. The van der Waals surface area contributed by atoms with Gasteiger partial charge in [-0.1, -0.05) is 20.8 Å². The first-order valence-electron chi connectivity index (χ1n) is 6.44. The molecule has 112 valence electrons. The summed E-state index contributed by atoms with van der Waals surface area (Å²) >= 11 is 0. The number of halogens is 3. The molecule has 0 aliphatic heterocycles. The molecular formula is C15H16F3N3. The van der Waals surface area contributed by atoms with Crippen LogP contribution in [0.2, 0.25) is 0 Å². The summed E-state index contributed by atoms with van der Waals surface area (Å²) in [6.07, 6.45) is 0. The average Bonchev–Trinajstić information content (AvgIpc) is 2.41. The Bertz CT molecular complexity index is 679. The SMILES string of the molecule is CNc1cc(-c2cc(F)c(F)cc2F)nc(C(C)(C)C)n1. The lowest BCUT2D eigenvalue weighted by Crippen LogP contribution is -2.17. The highest BCUT2D eigenvalue weighted by Gasteiger charge is 2.21. The topological polar surface area (TPSA) is 37.8 Å². The van der Waals surface area contributed by atoms with Crippen molar-refractivity contribution in [3.63, 3.8) is 0 Å². The van der Waals surface area contributed by atoms with Gasteiger partial charge in [0.15, 0.2) is 11.6 Å². The van der Waals surface area contributed by atoms with Crippen molar-refractivity contribution < 1.29 is 13.2 Å². The van der Waals surface area contributed by atoms with Crippen molar-refractivity contribution in [2.75, 3.05) is 12.4 Å². The van der Waals surface area contributed by atoms with Crippen molar-refractivity contribution in [2.45, 2.75) is 26.2 Å². The molecule has 2 rings (SSSR count). The van der Waals surface area contributed by atoms with Crippen LogP contribution in [0.5, 0.6) is 0 Å². The van der Waals surface area contributed by atoms with Gasteiger partial charge in [-0.05, 0) is 6.07 Å². The van der Waals surface area contributed by atoms with Crippen LogP contribution < -0.4 is 5.32 Å². The van der Waals surface area contributed by atoms with Crippen molar-refractivity contribution in [1.29, 1.82) is 0 Å². The zero-order valence-electron chi connectivity index (χ0n) is 12.3.